The Morgan fingerprint density at radius 1 is 1.29 bits per heavy atom. The molecule has 0 aromatic heterocycles. The van der Waals surface area contributed by atoms with Crippen LogP contribution in [-0.2, 0) is 16.1 Å². The van der Waals surface area contributed by atoms with Crippen molar-refractivity contribution in [2.24, 2.45) is 0 Å². The number of nitrogens with one attached hydrogen (secondary N) is 2. The van der Waals surface area contributed by atoms with E-state index in [0.29, 0.717) is 17.0 Å². The van der Waals surface area contributed by atoms with Gasteiger partial charge in [-0.1, -0.05) is 24.3 Å². The van der Waals surface area contributed by atoms with E-state index in [1.165, 1.54) is 13.0 Å². The van der Waals surface area contributed by atoms with Gasteiger partial charge in [-0.15, -0.1) is 0 Å². The molecule has 0 saturated heterocycles. The fourth-order valence-corrected chi connectivity index (χ4v) is 2.47. The van der Waals surface area contributed by atoms with Gasteiger partial charge in [0, 0.05) is 12.1 Å². The van der Waals surface area contributed by atoms with Gasteiger partial charge in [-0.05, 0) is 37.6 Å². The number of anilines is 1. The van der Waals surface area contributed by atoms with Gasteiger partial charge in [0.15, 0.2) is 0 Å². The van der Waals surface area contributed by atoms with Crippen LogP contribution in [0, 0.1) is 12.7 Å². The molecule has 2 N–H and O–H groups in total. The number of benzene rings is 2. The van der Waals surface area contributed by atoms with Crippen molar-refractivity contribution in [2.75, 3.05) is 5.32 Å². The normalized spacial score (nSPS) is 19.0. The van der Waals surface area contributed by atoms with Crippen molar-refractivity contribution >= 4 is 17.5 Å². The molecule has 1 aliphatic heterocycles. The Balaban J connectivity index is 1.77. The third-order valence-electron chi connectivity index (χ3n) is 3.96. The fraction of sp³-hybridized carbons (Fsp3) is 0.222. The molecule has 2 amide bonds. The monoisotopic (exact) mass is 328 g/mol. The van der Waals surface area contributed by atoms with Gasteiger partial charge in [0.05, 0.1) is 5.69 Å². The molecule has 24 heavy (non-hydrogen) atoms. The Kier molecular flexibility index (Phi) is 3.97. The molecule has 0 radical (unpaired) electrons. The van der Waals surface area contributed by atoms with E-state index < -0.39 is 23.2 Å². The number of hydrogen-bond donors (Lipinski definition) is 2. The molecule has 0 fully saturated rings. The minimum Gasteiger partial charge on any atom is -0.466 e. The average Bonchev–Trinajstić information content (AvgIpc) is 2.55. The van der Waals surface area contributed by atoms with Gasteiger partial charge < -0.3 is 15.4 Å². The first-order chi connectivity index (χ1) is 11.4. The number of amides is 2. The summed E-state index contributed by atoms with van der Waals surface area (Å²) in [5.74, 6) is -1.19. The Morgan fingerprint density at radius 3 is 2.79 bits per heavy atom. The lowest BCUT2D eigenvalue weighted by molar-refractivity contribution is -0.146. The van der Waals surface area contributed by atoms with Crippen LogP contribution in [-0.4, -0.2) is 17.4 Å². The van der Waals surface area contributed by atoms with Crippen molar-refractivity contribution in [3.63, 3.8) is 0 Å². The number of fused-ring (bicyclic) bond motifs is 1. The number of carbonyl (C=O) groups excluding carboxylic acids is 2. The van der Waals surface area contributed by atoms with E-state index in [2.05, 4.69) is 10.6 Å². The van der Waals surface area contributed by atoms with Crippen molar-refractivity contribution in [1.29, 1.82) is 0 Å². The van der Waals surface area contributed by atoms with Gasteiger partial charge in [0.2, 0.25) is 0 Å². The SMILES string of the molecule is Cc1ccc2c(c1)NC(=O)[C@@](C)(C(=O)NCc1ccccc1F)O2. The summed E-state index contributed by atoms with van der Waals surface area (Å²) in [4.78, 5) is 24.8. The average molecular weight is 328 g/mol. The van der Waals surface area contributed by atoms with Crippen molar-refractivity contribution < 1.29 is 18.7 Å². The van der Waals surface area contributed by atoms with Gasteiger partial charge in [0.25, 0.3) is 17.4 Å². The molecule has 0 unspecified atom stereocenters. The molecule has 0 aliphatic carbocycles. The summed E-state index contributed by atoms with van der Waals surface area (Å²) in [6, 6.07) is 11.4. The van der Waals surface area contributed by atoms with Crippen molar-refractivity contribution in [3.8, 4) is 5.75 Å². The molecule has 0 saturated carbocycles. The quantitative estimate of drug-likeness (QED) is 0.851. The Hall–Kier alpha value is -2.89. The highest BCUT2D eigenvalue weighted by Gasteiger charge is 2.47. The second-order valence-corrected chi connectivity index (χ2v) is 5.86. The van der Waals surface area contributed by atoms with E-state index in [1.807, 2.05) is 13.0 Å². The summed E-state index contributed by atoms with van der Waals surface area (Å²) < 4.78 is 19.3. The third-order valence-corrected chi connectivity index (χ3v) is 3.96. The van der Waals surface area contributed by atoms with Crippen molar-refractivity contribution in [1.82, 2.24) is 5.32 Å². The highest BCUT2D eigenvalue weighted by molar-refractivity contribution is 6.15. The minimum absolute atomic E-state index is 0.0293. The van der Waals surface area contributed by atoms with E-state index in [-0.39, 0.29) is 6.54 Å². The van der Waals surface area contributed by atoms with Crippen molar-refractivity contribution in [3.05, 3.63) is 59.4 Å². The van der Waals surface area contributed by atoms with E-state index >= 15 is 0 Å². The molecule has 1 atom stereocenters. The summed E-state index contributed by atoms with van der Waals surface area (Å²) in [5, 5.41) is 5.24. The zero-order valence-corrected chi connectivity index (χ0v) is 13.4. The molecule has 1 aliphatic rings. The zero-order chi connectivity index (χ0) is 17.3. The van der Waals surface area contributed by atoms with E-state index in [0.717, 1.165) is 5.56 Å². The lowest BCUT2D eigenvalue weighted by atomic mass is 10.0. The van der Waals surface area contributed by atoms with E-state index in [1.54, 1.807) is 30.3 Å². The van der Waals surface area contributed by atoms with Gasteiger partial charge in [-0.2, -0.15) is 0 Å². The van der Waals surface area contributed by atoms with Crippen LogP contribution in [0.4, 0.5) is 10.1 Å². The second-order valence-electron chi connectivity index (χ2n) is 5.86. The number of hydrogen-bond acceptors (Lipinski definition) is 3. The summed E-state index contributed by atoms with van der Waals surface area (Å²) >= 11 is 0. The zero-order valence-electron chi connectivity index (χ0n) is 13.4. The lowest BCUT2D eigenvalue weighted by Gasteiger charge is -2.33. The maximum Gasteiger partial charge on any atom is 0.278 e. The molecule has 5 nitrogen and oxygen atoms in total. The first kappa shape index (κ1) is 16.0. The van der Waals surface area contributed by atoms with Gasteiger partial charge in [-0.3, -0.25) is 9.59 Å². The number of rotatable bonds is 3. The van der Waals surface area contributed by atoms with Crippen LogP contribution in [0.5, 0.6) is 5.75 Å². The molecule has 0 bridgehead atoms. The molecular weight excluding hydrogens is 311 g/mol. The molecule has 1 heterocycles. The minimum atomic E-state index is -1.71. The first-order valence-corrected chi connectivity index (χ1v) is 7.53. The van der Waals surface area contributed by atoms with Gasteiger partial charge >= 0.3 is 0 Å². The third kappa shape index (κ3) is 2.82. The predicted octanol–water partition coefficient (Wildman–Crippen LogP) is 2.54. The van der Waals surface area contributed by atoms with Gasteiger partial charge in [0.1, 0.15) is 11.6 Å². The lowest BCUT2D eigenvalue weighted by Crippen LogP contribution is -2.58. The highest BCUT2D eigenvalue weighted by atomic mass is 19.1. The smallest absolute Gasteiger partial charge is 0.278 e. The van der Waals surface area contributed by atoms with Crippen LogP contribution >= 0.6 is 0 Å². The molecule has 2 aromatic rings. The van der Waals surface area contributed by atoms with Crippen LogP contribution in [0.25, 0.3) is 0 Å². The Bertz CT molecular complexity index is 822. The summed E-state index contributed by atoms with van der Waals surface area (Å²) in [6.07, 6.45) is 0. The van der Waals surface area contributed by atoms with Crippen LogP contribution in [0.1, 0.15) is 18.1 Å². The fourth-order valence-electron chi connectivity index (χ4n) is 2.47. The maximum absolute atomic E-state index is 13.6. The molecule has 6 heteroatoms. The summed E-state index contributed by atoms with van der Waals surface area (Å²) in [5.41, 5.74) is 0.111. The Labute approximate surface area is 138 Å². The first-order valence-electron chi connectivity index (χ1n) is 7.53. The molecule has 124 valence electrons. The molecule has 3 rings (SSSR count). The number of ether oxygens (including phenoxy) is 1. The number of carbonyl (C=O) groups is 2. The van der Waals surface area contributed by atoms with Gasteiger partial charge in [-0.25, -0.2) is 4.39 Å². The second kappa shape index (κ2) is 5.96. The van der Waals surface area contributed by atoms with Crippen molar-refractivity contribution in [2.45, 2.75) is 26.0 Å². The predicted molar refractivity (Wildman–Crippen MR) is 87.1 cm³/mol. The largest absolute Gasteiger partial charge is 0.466 e. The molecular formula is C18H17FN2O3. The highest BCUT2D eigenvalue weighted by Crippen LogP contribution is 2.34. The van der Waals surface area contributed by atoms with Crippen LogP contribution in [0.15, 0.2) is 42.5 Å². The molecule has 0 spiro atoms. The molecule has 2 aromatic carbocycles. The van der Waals surface area contributed by atoms with E-state index in [4.69, 9.17) is 4.74 Å². The van der Waals surface area contributed by atoms with Crippen LogP contribution in [0.3, 0.4) is 0 Å². The standard InChI is InChI=1S/C18H17FN2O3/c1-11-7-8-15-14(9-11)21-17(23)18(2,24-15)16(22)20-10-12-5-3-4-6-13(12)19/h3-9H,10H2,1-2H3,(H,20,22)(H,21,23)/t18-/m1/s1. The van der Waals surface area contributed by atoms with Crippen LogP contribution < -0.4 is 15.4 Å². The van der Waals surface area contributed by atoms with Crippen LogP contribution in [0.2, 0.25) is 0 Å². The Morgan fingerprint density at radius 2 is 2.04 bits per heavy atom. The summed E-state index contributed by atoms with van der Waals surface area (Å²) in [7, 11) is 0. The number of aryl methyl sites for hydroxylation is 1. The topological polar surface area (TPSA) is 67.4 Å². The number of halogens is 1. The maximum atomic E-state index is 13.6. The summed E-state index contributed by atoms with van der Waals surface area (Å²) in [6.45, 7) is 3.25. The van der Waals surface area contributed by atoms with E-state index in [9.17, 15) is 14.0 Å².